The first kappa shape index (κ1) is 49.2. The highest BCUT2D eigenvalue weighted by Crippen LogP contribution is 2.47. The summed E-state index contributed by atoms with van der Waals surface area (Å²) in [6.07, 6.45) is 8.21. The molecule has 6 rings (SSSR count). The Kier molecular flexibility index (Phi) is 16.9. The number of carbonyl (C=O) groups excluding carboxylic acids is 2. The van der Waals surface area contributed by atoms with E-state index in [0.717, 1.165) is 50.3 Å². The average Bonchev–Trinajstić information content (AvgIpc) is 3.29. The van der Waals surface area contributed by atoms with Crippen molar-refractivity contribution >= 4 is 78.3 Å². The second-order valence-electron chi connectivity index (χ2n) is 15.5. The van der Waals surface area contributed by atoms with Crippen LogP contribution in [0.1, 0.15) is 88.1 Å². The van der Waals surface area contributed by atoms with Gasteiger partial charge in [-0.05, 0) is 91.4 Å². The third-order valence-electron chi connectivity index (χ3n) is 10.6. The van der Waals surface area contributed by atoms with Crippen molar-refractivity contribution in [2.75, 3.05) is 23.4 Å². The summed E-state index contributed by atoms with van der Waals surface area (Å²) < 4.78 is 52.9. The molecule has 16 nitrogen and oxygen atoms in total. The number of benzene rings is 6. The van der Waals surface area contributed by atoms with Gasteiger partial charge in [-0.1, -0.05) is 82.7 Å². The lowest BCUT2D eigenvalue weighted by Gasteiger charge is -2.26. The van der Waals surface area contributed by atoms with Gasteiger partial charge in [0.15, 0.2) is 5.75 Å². The zero-order chi connectivity index (χ0) is 47.4. The lowest BCUT2D eigenvalue weighted by atomic mass is 10.0. The van der Waals surface area contributed by atoms with Gasteiger partial charge in [0.25, 0.3) is 5.91 Å². The van der Waals surface area contributed by atoms with Crippen LogP contribution < -0.4 is 24.9 Å². The van der Waals surface area contributed by atoms with E-state index in [9.17, 15) is 38.0 Å². The van der Waals surface area contributed by atoms with Crippen LogP contribution >= 0.6 is 12.0 Å². The second kappa shape index (κ2) is 22.8. The third-order valence-corrected chi connectivity index (χ3v) is 12.0. The Labute approximate surface area is 387 Å². The summed E-state index contributed by atoms with van der Waals surface area (Å²) in [5.74, 6) is -0.612. The lowest BCUT2D eigenvalue weighted by molar-refractivity contribution is -0.777. The number of fused-ring (bicyclic) bond motifs is 2. The van der Waals surface area contributed by atoms with E-state index in [-0.39, 0.29) is 44.0 Å². The molecule has 0 unspecified atom stereocenters. The average molecular weight is 939 g/mol. The largest absolute Gasteiger partial charge is 0.744 e. The molecule has 0 aliphatic heterocycles. The highest BCUT2D eigenvalue weighted by atomic mass is 32.2. The first-order valence-corrected chi connectivity index (χ1v) is 23.6. The zero-order valence-electron chi connectivity index (χ0n) is 36.9. The molecule has 0 aliphatic carbocycles. The number of anilines is 2. The van der Waals surface area contributed by atoms with Gasteiger partial charge in [-0.15, -0.1) is 5.11 Å². The maximum Gasteiger partial charge on any atom is 0.262 e. The van der Waals surface area contributed by atoms with Gasteiger partial charge < -0.3 is 39.7 Å². The van der Waals surface area contributed by atoms with Crippen molar-refractivity contribution < 1.29 is 56.9 Å². The van der Waals surface area contributed by atoms with E-state index in [1.54, 1.807) is 53.4 Å². The Morgan fingerprint density at radius 3 is 2.23 bits per heavy atom. The highest BCUT2D eigenvalue weighted by Gasteiger charge is 2.27. The molecule has 0 heterocycles. The first-order chi connectivity index (χ1) is 31.7. The maximum atomic E-state index is 14.7. The number of nitrogens with one attached hydrogen (secondary N) is 1. The fourth-order valence-corrected chi connectivity index (χ4v) is 8.34. The number of ether oxygens (including phenoxy) is 2. The molecule has 18 heteroatoms. The van der Waals surface area contributed by atoms with E-state index in [2.05, 4.69) is 31.8 Å². The standard InChI is InChI=1S/C48H52N4O12S2/c1-5-7-9-10-11-14-24-61-41-22-17-30(3)25-40(41)52(23-8-6-2)48(56)38-29-42(36-15-12-13-16-37(36)46(38)54)62-34-20-18-33(19-21-34)50-51-45-43(65-64-63-57)27-32-26-35(66(58,59)60)28-39(49-31(4)53)44(32)47(45)55/h12-13,15-22,25-29,54-55,57H,5-11,14,23-24H2,1-4H3,(H,49,53)(H,58,59,60)/p-2. The summed E-state index contributed by atoms with van der Waals surface area (Å²) in [7, 11) is -5.00. The highest BCUT2D eigenvalue weighted by molar-refractivity contribution is 7.94. The fraction of sp³-hybridized carbons (Fsp3) is 0.292. The number of carbonyl (C=O) groups is 2. The van der Waals surface area contributed by atoms with Crippen LogP contribution in [0.25, 0.3) is 21.5 Å². The lowest BCUT2D eigenvalue weighted by Crippen LogP contribution is -2.32. The summed E-state index contributed by atoms with van der Waals surface area (Å²) >= 11 is 0.330. The molecular weight excluding hydrogens is 889 g/mol. The zero-order valence-corrected chi connectivity index (χ0v) is 38.5. The number of amides is 2. The van der Waals surface area contributed by atoms with Gasteiger partial charge in [0.1, 0.15) is 38.8 Å². The minimum Gasteiger partial charge on any atom is -0.744 e. The van der Waals surface area contributed by atoms with E-state index in [0.29, 0.717) is 65.3 Å². The van der Waals surface area contributed by atoms with Crippen LogP contribution in [0.2, 0.25) is 0 Å². The molecule has 0 aromatic heterocycles. The van der Waals surface area contributed by atoms with Gasteiger partial charge in [0, 0.05) is 29.6 Å². The summed E-state index contributed by atoms with van der Waals surface area (Å²) in [6, 6.07) is 23.8. The van der Waals surface area contributed by atoms with Crippen LogP contribution in [0.4, 0.5) is 22.7 Å². The van der Waals surface area contributed by atoms with Crippen LogP contribution in [0.5, 0.6) is 28.7 Å². The molecule has 6 aromatic rings. The number of phenols is 2. The molecule has 6 aromatic carbocycles. The molecule has 0 bridgehead atoms. The van der Waals surface area contributed by atoms with Gasteiger partial charge in [0.2, 0.25) is 5.91 Å². The van der Waals surface area contributed by atoms with Crippen LogP contribution in [-0.2, 0) is 24.3 Å². The molecule has 3 N–H and O–H groups in total. The molecule has 348 valence electrons. The Bertz CT molecular complexity index is 2840. The molecule has 0 aliphatic rings. The third kappa shape index (κ3) is 12.1. The number of phenolic OH excluding ortho intramolecular Hbond substituents is 2. The minimum atomic E-state index is -5.00. The number of hydrogen-bond acceptors (Lipinski definition) is 15. The summed E-state index contributed by atoms with van der Waals surface area (Å²) in [6.45, 7) is 8.23. The van der Waals surface area contributed by atoms with E-state index < -0.39 is 32.6 Å². The predicted octanol–water partition coefficient (Wildman–Crippen LogP) is 11.2. The number of azo groups is 1. The van der Waals surface area contributed by atoms with Crippen molar-refractivity contribution in [2.45, 2.75) is 88.9 Å². The van der Waals surface area contributed by atoms with Gasteiger partial charge in [-0.2, -0.15) is 9.45 Å². The van der Waals surface area contributed by atoms with Gasteiger partial charge in [0.05, 0.1) is 51.1 Å². The van der Waals surface area contributed by atoms with E-state index in [1.807, 2.05) is 32.0 Å². The summed E-state index contributed by atoms with van der Waals surface area (Å²) in [4.78, 5) is 27.6. The van der Waals surface area contributed by atoms with Crippen molar-refractivity contribution in [3.05, 3.63) is 102 Å². The number of aromatic hydroxyl groups is 2. The topological polar surface area (TPSA) is 232 Å². The fourth-order valence-electron chi connectivity index (χ4n) is 7.31. The molecule has 0 spiro atoms. The number of rotatable bonds is 22. The van der Waals surface area contributed by atoms with E-state index in [1.165, 1.54) is 31.4 Å². The predicted molar refractivity (Wildman–Crippen MR) is 249 cm³/mol. The monoisotopic (exact) mass is 938 g/mol. The normalized spacial score (nSPS) is 11.7. The molecule has 0 radical (unpaired) electrons. The van der Waals surface area contributed by atoms with Crippen LogP contribution in [0.3, 0.4) is 0 Å². The number of hydrogen-bond donors (Lipinski definition) is 3. The minimum absolute atomic E-state index is 0.0152. The van der Waals surface area contributed by atoms with Crippen LogP contribution in [-0.4, -0.2) is 48.1 Å². The molecule has 0 saturated carbocycles. The molecular formula is C48H50N4O12S2-2. The van der Waals surface area contributed by atoms with Crippen molar-refractivity contribution in [3.8, 4) is 28.7 Å². The Hall–Kier alpha value is -6.28. The van der Waals surface area contributed by atoms with Gasteiger partial charge in [-0.3, -0.25) is 14.6 Å². The quantitative estimate of drug-likeness (QED) is 0.0144. The molecule has 66 heavy (non-hydrogen) atoms. The number of aryl methyl sites for hydroxylation is 1. The van der Waals surface area contributed by atoms with Crippen LogP contribution in [0, 0.1) is 6.92 Å². The number of unbranched alkanes of at least 4 members (excludes halogenated alkanes) is 6. The van der Waals surface area contributed by atoms with Gasteiger partial charge >= 0.3 is 0 Å². The summed E-state index contributed by atoms with van der Waals surface area (Å²) in [5, 5.41) is 49.0. The number of nitrogens with zero attached hydrogens (tertiary/aromatic N) is 3. The van der Waals surface area contributed by atoms with Crippen molar-refractivity contribution in [1.82, 2.24) is 0 Å². The molecule has 2 amide bonds. The maximum absolute atomic E-state index is 14.7. The van der Waals surface area contributed by atoms with E-state index >= 15 is 0 Å². The smallest absolute Gasteiger partial charge is 0.262 e. The summed E-state index contributed by atoms with van der Waals surface area (Å²) in [5.41, 5.74) is 1.41. The van der Waals surface area contributed by atoms with Crippen LogP contribution in [0.15, 0.2) is 111 Å². The Morgan fingerprint density at radius 2 is 1.53 bits per heavy atom. The molecule has 0 fully saturated rings. The second-order valence-corrected chi connectivity index (χ2v) is 17.6. The van der Waals surface area contributed by atoms with Crippen molar-refractivity contribution in [3.63, 3.8) is 0 Å². The SMILES string of the molecule is CCCCCCCCOc1ccc(C)cc1N(CCCC)C(=O)c1cc(Oc2ccc(N=Nc3c(SOO[O-])cc4cc(S(=O)(=O)[O-])cc(NC(C)=O)c4c3O)cc2)c2ccccc2c1O. The van der Waals surface area contributed by atoms with Gasteiger partial charge in [-0.25, -0.2) is 8.42 Å². The van der Waals surface area contributed by atoms with Crippen molar-refractivity contribution in [2.24, 2.45) is 10.2 Å². The van der Waals surface area contributed by atoms with Crippen molar-refractivity contribution in [1.29, 1.82) is 0 Å². The first-order valence-electron chi connectivity index (χ1n) is 21.4. The molecule has 0 saturated heterocycles. The van der Waals surface area contributed by atoms with E-state index in [4.69, 9.17) is 9.47 Å². The Balaban J connectivity index is 1.31. The molecule has 0 atom stereocenters. The Morgan fingerprint density at radius 1 is 0.818 bits per heavy atom.